The number of carbonyl (C=O) groups is 1. The molecule has 0 aromatic carbocycles. The molecule has 3 heteroatoms. The van der Waals surface area contributed by atoms with Crippen LogP contribution in [-0.4, -0.2) is 11.7 Å². The molecule has 0 fully saturated rings. The molecule has 0 saturated heterocycles. The molecule has 0 heterocycles. The van der Waals surface area contributed by atoms with Crippen LogP contribution in [0.5, 0.6) is 0 Å². The molecule has 0 saturated carbocycles. The van der Waals surface area contributed by atoms with Crippen molar-refractivity contribution < 1.29 is 9.53 Å². The molecule has 0 bridgehead atoms. The quantitative estimate of drug-likeness (QED) is 0.404. The minimum Gasteiger partial charge on any atom is -0.441 e. The van der Waals surface area contributed by atoms with Crippen molar-refractivity contribution in [2.45, 2.75) is 39.3 Å². The highest BCUT2D eigenvalue weighted by Gasteiger charge is 2.32. The monoisotopic (exact) mass is 185 g/mol. The molecular formula is C10H19NO2. The van der Waals surface area contributed by atoms with Gasteiger partial charge in [0.15, 0.2) is 5.72 Å². The van der Waals surface area contributed by atoms with E-state index in [1.165, 1.54) is 0 Å². The van der Waals surface area contributed by atoms with Gasteiger partial charge < -0.3 is 4.74 Å². The Kier molecular flexibility index (Phi) is 4.70. The number of carbonyl (C=O) groups excluding carboxylic acids is 1. The van der Waals surface area contributed by atoms with Crippen molar-refractivity contribution in [2.75, 3.05) is 0 Å². The number of nitrogens with two attached hydrogens (primary N) is 1. The van der Waals surface area contributed by atoms with Crippen LogP contribution in [-0.2, 0) is 9.53 Å². The molecule has 0 rings (SSSR count). The number of rotatable bonds is 5. The van der Waals surface area contributed by atoms with E-state index < -0.39 is 11.7 Å². The highest BCUT2D eigenvalue weighted by atomic mass is 16.6. The van der Waals surface area contributed by atoms with Crippen LogP contribution in [0.3, 0.4) is 0 Å². The van der Waals surface area contributed by atoms with E-state index in [0.29, 0.717) is 6.42 Å². The zero-order valence-corrected chi connectivity index (χ0v) is 8.67. The van der Waals surface area contributed by atoms with Gasteiger partial charge in [-0.05, 0) is 12.8 Å². The summed E-state index contributed by atoms with van der Waals surface area (Å²) in [5, 5.41) is 0. The first-order valence-electron chi connectivity index (χ1n) is 4.64. The predicted octanol–water partition coefficient (Wildman–Crippen LogP) is 1.83. The summed E-state index contributed by atoms with van der Waals surface area (Å²) in [7, 11) is 0. The average Bonchev–Trinajstić information content (AvgIpc) is 2.15. The van der Waals surface area contributed by atoms with E-state index in [9.17, 15) is 4.79 Å². The summed E-state index contributed by atoms with van der Waals surface area (Å²) in [6.45, 7) is 9.23. The van der Waals surface area contributed by atoms with Crippen LogP contribution in [0.2, 0.25) is 0 Å². The highest BCUT2D eigenvalue weighted by Crippen LogP contribution is 2.22. The van der Waals surface area contributed by atoms with Crippen LogP contribution in [0, 0.1) is 5.92 Å². The third kappa shape index (κ3) is 3.19. The topological polar surface area (TPSA) is 52.3 Å². The Morgan fingerprint density at radius 3 is 2.54 bits per heavy atom. The second-order valence-electron chi connectivity index (χ2n) is 3.24. The first-order valence-corrected chi connectivity index (χ1v) is 4.64. The standard InChI is InChI=1S/C10H19NO2/c1-5-8(4)10(11,7-3)13-9(12)6-2/h6,8H,2,5,7,11H2,1,3-4H3. The average molecular weight is 185 g/mol. The summed E-state index contributed by atoms with van der Waals surface area (Å²) in [6.07, 6.45) is 2.63. The largest absolute Gasteiger partial charge is 0.441 e. The minimum absolute atomic E-state index is 0.154. The van der Waals surface area contributed by atoms with Gasteiger partial charge in [-0.1, -0.05) is 27.4 Å². The van der Waals surface area contributed by atoms with E-state index in [1.54, 1.807) is 0 Å². The Labute approximate surface area is 79.9 Å². The molecule has 0 spiro atoms. The molecule has 0 aromatic rings. The van der Waals surface area contributed by atoms with Gasteiger partial charge in [0.2, 0.25) is 0 Å². The van der Waals surface area contributed by atoms with Crippen LogP contribution >= 0.6 is 0 Å². The first kappa shape index (κ1) is 12.2. The van der Waals surface area contributed by atoms with Crippen LogP contribution in [0.4, 0.5) is 0 Å². The number of ether oxygens (including phenoxy) is 1. The fourth-order valence-electron chi connectivity index (χ4n) is 1.10. The lowest BCUT2D eigenvalue weighted by Crippen LogP contribution is -2.49. The fourth-order valence-corrected chi connectivity index (χ4v) is 1.10. The van der Waals surface area contributed by atoms with Gasteiger partial charge in [-0.3, -0.25) is 5.73 Å². The first-order chi connectivity index (χ1) is 6.00. The minimum atomic E-state index is -0.847. The predicted molar refractivity (Wildman–Crippen MR) is 53.0 cm³/mol. The van der Waals surface area contributed by atoms with E-state index >= 15 is 0 Å². The molecule has 0 aliphatic rings. The van der Waals surface area contributed by atoms with Crippen LogP contribution in [0.25, 0.3) is 0 Å². The Morgan fingerprint density at radius 2 is 2.23 bits per heavy atom. The van der Waals surface area contributed by atoms with Crippen molar-refractivity contribution in [3.63, 3.8) is 0 Å². The zero-order valence-electron chi connectivity index (χ0n) is 8.67. The summed E-state index contributed by atoms with van der Waals surface area (Å²) in [5.41, 5.74) is 5.09. The van der Waals surface area contributed by atoms with Gasteiger partial charge in [0, 0.05) is 12.0 Å². The van der Waals surface area contributed by atoms with Crippen molar-refractivity contribution >= 4 is 5.97 Å². The van der Waals surface area contributed by atoms with E-state index in [2.05, 4.69) is 6.58 Å². The number of hydrogen-bond donors (Lipinski definition) is 1. The Bertz CT molecular complexity index is 191. The number of hydrogen-bond acceptors (Lipinski definition) is 3. The SMILES string of the molecule is C=CC(=O)OC(N)(CC)C(C)CC. The van der Waals surface area contributed by atoms with Crippen molar-refractivity contribution in [1.29, 1.82) is 0 Å². The molecule has 2 N–H and O–H groups in total. The van der Waals surface area contributed by atoms with Crippen molar-refractivity contribution in [3.05, 3.63) is 12.7 Å². The second kappa shape index (κ2) is 5.02. The normalized spacial score (nSPS) is 17.2. The molecule has 76 valence electrons. The maximum atomic E-state index is 11.0. The molecule has 0 aliphatic heterocycles. The van der Waals surface area contributed by atoms with Crippen LogP contribution < -0.4 is 5.73 Å². The zero-order chi connectivity index (χ0) is 10.5. The maximum Gasteiger partial charge on any atom is 0.331 e. The molecule has 0 amide bonds. The van der Waals surface area contributed by atoms with Gasteiger partial charge in [0.1, 0.15) is 0 Å². The molecule has 0 aliphatic carbocycles. The van der Waals surface area contributed by atoms with Crippen LogP contribution in [0.15, 0.2) is 12.7 Å². The lowest BCUT2D eigenvalue weighted by Gasteiger charge is -2.33. The Hall–Kier alpha value is -0.830. The maximum absolute atomic E-state index is 11.0. The van der Waals surface area contributed by atoms with Gasteiger partial charge >= 0.3 is 5.97 Å². The highest BCUT2D eigenvalue weighted by molar-refractivity contribution is 5.81. The van der Waals surface area contributed by atoms with Gasteiger partial charge in [0.25, 0.3) is 0 Å². The summed E-state index contributed by atoms with van der Waals surface area (Å²) >= 11 is 0. The van der Waals surface area contributed by atoms with E-state index in [1.807, 2.05) is 20.8 Å². The number of esters is 1. The molecule has 2 atom stereocenters. The smallest absolute Gasteiger partial charge is 0.331 e. The van der Waals surface area contributed by atoms with Crippen molar-refractivity contribution in [1.82, 2.24) is 0 Å². The second-order valence-corrected chi connectivity index (χ2v) is 3.24. The molecule has 0 radical (unpaired) electrons. The van der Waals surface area contributed by atoms with Gasteiger partial charge in [-0.15, -0.1) is 0 Å². The van der Waals surface area contributed by atoms with E-state index in [0.717, 1.165) is 12.5 Å². The molecule has 0 aromatic heterocycles. The summed E-state index contributed by atoms with van der Waals surface area (Å²) in [4.78, 5) is 11.0. The third-order valence-corrected chi connectivity index (χ3v) is 2.46. The van der Waals surface area contributed by atoms with E-state index in [-0.39, 0.29) is 5.92 Å². The summed E-state index contributed by atoms with van der Waals surface area (Å²) in [5.74, 6) is -0.300. The van der Waals surface area contributed by atoms with E-state index in [4.69, 9.17) is 10.5 Å². The molecule has 13 heavy (non-hydrogen) atoms. The van der Waals surface area contributed by atoms with Gasteiger partial charge in [-0.25, -0.2) is 4.79 Å². The Balaban J connectivity index is 4.43. The molecule has 3 nitrogen and oxygen atoms in total. The fraction of sp³-hybridized carbons (Fsp3) is 0.700. The van der Waals surface area contributed by atoms with Crippen LogP contribution in [0.1, 0.15) is 33.6 Å². The summed E-state index contributed by atoms with van der Waals surface area (Å²) < 4.78 is 5.11. The lowest BCUT2D eigenvalue weighted by molar-refractivity contribution is -0.159. The van der Waals surface area contributed by atoms with Gasteiger partial charge in [0.05, 0.1) is 0 Å². The lowest BCUT2D eigenvalue weighted by atomic mass is 9.93. The van der Waals surface area contributed by atoms with Crippen molar-refractivity contribution in [3.8, 4) is 0 Å². The molecular weight excluding hydrogens is 166 g/mol. The third-order valence-electron chi connectivity index (χ3n) is 2.46. The Morgan fingerprint density at radius 1 is 1.69 bits per heavy atom. The molecule has 2 unspecified atom stereocenters. The van der Waals surface area contributed by atoms with Crippen molar-refractivity contribution in [2.24, 2.45) is 11.7 Å². The van der Waals surface area contributed by atoms with Gasteiger partial charge in [-0.2, -0.15) is 0 Å². The summed E-state index contributed by atoms with van der Waals surface area (Å²) in [6, 6.07) is 0.